The molecule has 3 fully saturated rings. The van der Waals surface area contributed by atoms with Crippen LogP contribution in [0, 0.1) is 5.41 Å². The Morgan fingerprint density at radius 3 is 2.30 bits per heavy atom. The van der Waals surface area contributed by atoms with Crippen LogP contribution in [-0.4, -0.2) is 60.1 Å². The number of hydrogen-bond acceptors (Lipinski definition) is 8. The Balaban J connectivity index is 0.973. The van der Waals surface area contributed by atoms with E-state index in [2.05, 4.69) is 46.0 Å². The van der Waals surface area contributed by atoms with Gasteiger partial charge >= 0.3 is 6.09 Å². The van der Waals surface area contributed by atoms with Gasteiger partial charge < -0.3 is 29.2 Å². The number of benzene rings is 2. The maximum absolute atomic E-state index is 12.0. The molecule has 1 amide bonds. The van der Waals surface area contributed by atoms with E-state index >= 15 is 0 Å². The maximum atomic E-state index is 12.0. The highest BCUT2D eigenvalue weighted by molar-refractivity contribution is 5.68. The molecule has 2 saturated heterocycles. The second kappa shape index (κ2) is 11.9. The van der Waals surface area contributed by atoms with Crippen molar-refractivity contribution in [2.45, 2.75) is 63.9 Å². The van der Waals surface area contributed by atoms with Crippen molar-refractivity contribution in [2.24, 2.45) is 5.41 Å². The molecular weight excluding hydrogens is 544 g/mol. The number of carbonyl (C=O) groups is 1. The second-order valence-corrected chi connectivity index (χ2v) is 12.9. The average molecular weight is 585 g/mol. The molecule has 1 unspecified atom stereocenters. The summed E-state index contributed by atoms with van der Waals surface area (Å²) in [7, 11) is 0. The van der Waals surface area contributed by atoms with Gasteiger partial charge in [0.15, 0.2) is 0 Å². The number of carbonyl (C=O) groups excluding carboxylic acids is 1. The molecular formula is C34H40N4O5. The van der Waals surface area contributed by atoms with Gasteiger partial charge in [0.25, 0.3) is 0 Å². The monoisotopic (exact) mass is 584 g/mol. The Bertz CT molecular complexity index is 1420. The van der Waals surface area contributed by atoms with Crippen LogP contribution in [0.5, 0.6) is 11.5 Å². The lowest BCUT2D eigenvalue weighted by Crippen LogP contribution is -2.66. The fourth-order valence-electron chi connectivity index (χ4n) is 5.69. The van der Waals surface area contributed by atoms with Crippen LogP contribution in [0.3, 0.4) is 0 Å². The fourth-order valence-corrected chi connectivity index (χ4v) is 5.69. The summed E-state index contributed by atoms with van der Waals surface area (Å²) in [5.41, 5.74) is 2.92. The summed E-state index contributed by atoms with van der Waals surface area (Å²) in [5.74, 6) is 2.39. The number of nitrogens with zero attached hydrogens (tertiary/aromatic N) is 3. The molecule has 226 valence electrons. The standard InChI is InChI=1S/C34H40N4O5/c1-5-30(24-8-12-28(13-9-24)42-29-16-26(17-29)37-32(39)43-33(2,3)4)23-6-10-27(11-7-23)41-18-25-14-15-35-31(36-25)38-19-34(20-38)21-40-22-34/h5-15,26,29-30H,1,16-22H2,2-4H3,(H,37,39). The highest BCUT2D eigenvalue weighted by atomic mass is 16.6. The number of alkyl carbamates (subject to hydrolysis) is 1. The summed E-state index contributed by atoms with van der Waals surface area (Å²) in [6.07, 6.45) is 4.96. The predicted molar refractivity (Wildman–Crippen MR) is 164 cm³/mol. The first kappa shape index (κ1) is 29.0. The smallest absolute Gasteiger partial charge is 0.407 e. The largest absolute Gasteiger partial charge is 0.490 e. The topological polar surface area (TPSA) is 95.0 Å². The van der Waals surface area contributed by atoms with Crippen LogP contribution >= 0.6 is 0 Å². The number of aromatic nitrogens is 2. The Morgan fingerprint density at radius 1 is 1.07 bits per heavy atom. The van der Waals surface area contributed by atoms with Crippen molar-refractivity contribution >= 4 is 12.0 Å². The predicted octanol–water partition coefficient (Wildman–Crippen LogP) is 5.64. The van der Waals surface area contributed by atoms with Gasteiger partial charge in [0.05, 0.1) is 24.3 Å². The highest BCUT2D eigenvalue weighted by Crippen LogP contribution is 2.39. The third-order valence-corrected chi connectivity index (χ3v) is 8.07. The molecule has 3 heterocycles. The van der Waals surface area contributed by atoms with E-state index in [1.54, 1.807) is 6.20 Å². The van der Waals surface area contributed by atoms with Crippen molar-refractivity contribution in [1.29, 1.82) is 0 Å². The van der Waals surface area contributed by atoms with Gasteiger partial charge in [-0.2, -0.15) is 0 Å². The average Bonchev–Trinajstić information content (AvgIpc) is 2.90. The van der Waals surface area contributed by atoms with Gasteiger partial charge in [0.1, 0.15) is 29.8 Å². The van der Waals surface area contributed by atoms with Crippen molar-refractivity contribution in [3.8, 4) is 11.5 Å². The minimum Gasteiger partial charge on any atom is -0.490 e. The minimum absolute atomic E-state index is 0.0412. The fraction of sp³-hybridized carbons (Fsp3) is 0.441. The summed E-state index contributed by atoms with van der Waals surface area (Å²) < 4.78 is 22.8. The van der Waals surface area contributed by atoms with Crippen LogP contribution in [0.4, 0.5) is 10.7 Å². The zero-order valence-electron chi connectivity index (χ0n) is 25.1. The van der Waals surface area contributed by atoms with E-state index in [1.165, 1.54) is 0 Å². The van der Waals surface area contributed by atoms with Gasteiger partial charge in [-0.1, -0.05) is 30.3 Å². The molecule has 9 nitrogen and oxygen atoms in total. The van der Waals surface area contributed by atoms with E-state index in [4.69, 9.17) is 23.9 Å². The molecule has 1 aliphatic carbocycles. The lowest BCUT2D eigenvalue weighted by molar-refractivity contribution is -0.127. The molecule has 1 saturated carbocycles. The van der Waals surface area contributed by atoms with E-state index in [-0.39, 0.29) is 24.2 Å². The molecule has 3 aliphatic rings. The summed E-state index contributed by atoms with van der Waals surface area (Å²) in [5, 5.41) is 2.90. The molecule has 3 aromatic rings. The molecule has 0 radical (unpaired) electrons. The lowest BCUT2D eigenvalue weighted by atomic mass is 9.78. The molecule has 0 bridgehead atoms. The molecule has 6 rings (SSSR count). The van der Waals surface area contributed by atoms with Gasteiger partial charge in [0.2, 0.25) is 5.95 Å². The third kappa shape index (κ3) is 6.94. The van der Waals surface area contributed by atoms with Crippen LogP contribution in [0.25, 0.3) is 0 Å². The van der Waals surface area contributed by atoms with E-state index in [0.717, 1.165) is 73.4 Å². The normalized spacial score (nSPS) is 21.0. The van der Waals surface area contributed by atoms with Crippen LogP contribution in [0.15, 0.2) is 73.4 Å². The molecule has 1 aromatic heterocycles. The summed E-state index contributed by atoms with van der Waals surface area (Å²) in [4.78, 5) is 23.3. The van der Waals surface area contributed by atoms with E-state index in [0.29, 0.717) is 12.0 Å². The van der Waals surface area contributed by atoms with E-state index in [9.17, 15) is 4.79 Å². The Kier molecular flexibility index (Phi) is 8.01. The molecule has 2 aliphatic heterocycles. The van der Waals surface area contributed by atoms with Gasteiger partial charge in [-0.25, -0.2) is 14.8 Å². The third-order valence-electron chi connectivity index (χ3n) is 8.07. The van der Waals surface area contributed by atoms with Gasteiger partial charge in [0, 0.05) is 44.1 Å². The second-order valence-electron chi connectivity index (χ2n) is 12.9. The van der Waals surface area contributed by atoms with Crippen molar-refractivity contribution < 1.29 is 23.7 Å². The Hall–Kier alpha value is -4.11. The molecule has 43 heavy (non-hydrogen) atoms. The molecule has 1 spiro atoms. The van der Waals surface area contributed by atoms with E-state index in [1.807, 2.05) is 57.2 Å². The number of allylic oxidation sites excluding steroid dienone is 1. The summed E-state index contributed by atoms with van der Waals surface area (Å²) in [6.45, 7) is 13.6. The summed E-state index contributed by atoms with van der Waals surface area (Å²) in [6, 6.07) is 18.2. The lowest BCUT2D eigenvalue weighted by Gasteiger charge is -2.54. The van der Waals surface area contributed by atoms with Crippen LogP contribution < -0.4 is 19.7 Å². The van der Waals surface area contributed by atoms with Crippen LogP contribution in [0.2, 0.25) is 0 Å². The van der Waals surface area contributed by atoms with Gasteiger partial charge in [-0.15, -0.1) is 6.58 Å². The van der Waals surface area contributed by atoms with Crippen LogP contribution in [-0.2, 0) is 16.1 Å². The zero-order chi connectivity index (χ0) is 30.0. The first-order valence-corrected chi connectivity index (χ1v) is 14.9. The highest BCUT2D eigenvalue weighted by Gasteiger charge is 2.49. The van der Waals surface area contributed by atoms with E-state index < -0.39 is 5.60 Å². The molecule has 9 heteroatoms. The Morgan fingerprint density at radius 2 is 1.72 bits per heavy atom. The van der Waals surface area contributed by atoms with Gasteiger partial charge in [-0.3, -0.25) is 0 Å². The number of rotatable bonds is 10. The minimum atomic E-state index is -0.503. The van der Waals surface area contributed by atoms with Crippen molar-refractivity contribution in [1.82, 2.24) is 15.3 Å². The maximum Gasteiger partial charge on any atom is 0.407 e. The molecule has 2 aromatic carbocycles. The molecule has 1 atom stereocenters. The first-order chi connectivity index (χ1) is 20.7. The van der Waals surface area contributed by atoms with Crippen LogP contribution in [0.1, 0.15) is 56.4 Å². The zero-order valence-corrected chi connectivity index (χ0v) is 25.1. The number of nitrogens with one attached hydrogen (secondary N) is 1. The first-order valence-electron chi connectivity index (χ1n) is 14.9. The van der Waals surface area contributed by atoms with Crippen molar-refractivity contribution in [3.63, 3.8) is 0 Å². The van der Waals surface area contributed by atoms with Crippen molar-refractivity contribution in [2.75, 3.05) is 31.2 Å². The number of hydrogen-bond donors (Lipinski definition) is 1. The Labute approximate surface area is 253 Å². The quantitative estimate of drug-likeness (QED) is 0.306. The summed E-state index contributed by atoms with van der Waals surface area (Å²) >= 11 is 0. The van der Waals surface area contributed by atoms with Crippen molar-refractivity contribution in [3.05, 3.63) is 90.3 Å². The number of amides is 1. The SMILES string of the molecule is C=CC(c1ccc(OCc2ccnc(N3CC4(COC4)C3)n2)cc1)c1ccc(OC2CC(NC(=O)OC(C)(C)C)C2)cc1. The van der Waals surface area contributed by atoms with Gasteiger partial charge in [-0.05, 0) is 62.2 Å². The molecule has 1 N–H and O–H groups in total. The number of anilines is 1. The number of ether oxygens (including phenoxy) is 4.